The van der Waals surface area contributed by atoms with Crippen LogP contribution >= 0.6 is 0 Å². The van der Waals surface area contributed by atoms with Gasteiger partial charge in [-0.1, -0.05) is 18.2 Å². The number of pyridine rings is 1. The first-order valence-corrected chi connectivity index (χ1v) is 7.85. The number of urea groups is 1. The maximum Gasteiger partial charge on any atom is 0.314 e. The topological polar surface area (TPSA) is 54.0 Å². The maximum atomic E-state index is 13.3. The van der Waals surface area contributed by atoms with Gasteiger partial charge < -0.3 is 10.6 Å². The summed E-state index contributed by atoms with van der Waals surface area (Å²) in [6.45, 7) is 1.10. The zero-order valence-corrected chi connectivity index (χ0v) is 12.9. The molecule has 1 aliphatic carbocycles. The standard InChI is InChI=1S/C18H20FN3O/c19-16-5-1-4-15(11-16)18(7-8-18)13-22-17(23)21-10-6-14-3-2-9-20-12-14/h1-5,9,11-12H,6-8,10,13H2,(H2,21,22,23). The molecule has 1 fully saturated rings. The highest BCUT2D eigenvalue weighted by Gasteiger charge is 2.44. The second-order valence-electron chi connectivity index (χ2n) is 6.01. The summed E-state index contributed by atoms with van der Waals surface area (Å²) in [5.41, 5.74) is 1.96. The number of hydrogen-bond acceptors (Lipinski definition) is 2. The van der Waals surface area contributed by atoms with Crippen molar-refractivity contribution in [3.8, 4) is 0 Å². The van der Waals surface area contributed by atoms with E-state index in [1.54, 1.807) is 24.5 Å². The molecular weight excluding hydrogens is 293 g/mol. The van der Waals surface area contributed by atoms with Gasteiger partial charge in [-0.3, -0.25) is 4.98 Å². The lowest BCUT2D eigenvalue weighted by atomic mass is 9.96. The lowest BCUT2D eigenvalue weighted by molar-refractivity contribution is 0.240. The number of carbonyl (C=O) groups is 1. The molecule has 1 aromatic heterocycles. The van der Waals surface area contributed by atoms with E-state index in [9.17, 15) is 9.18 Å². The van der Waals surface area contributed by atoms with Crippen LogP contribution in [-0.2, 0) is 11.8 Å². The molecule has 3 rings (SSSR count). The third-order valence-electron chi connectivity index (χ3n) is 4.30. The second-order valence-corrected chi connectivity index (χ2v) is 6.01. The fourth-order valence-corrected chi connectivity index (χ4v) is 2.72. The van der Waals surface area contributed by atoms with Gasteiger partial charge in [0.05, 0.1) is 0 Å². The van der Waals surface area contributed by atoms with Crippen LogP contribution in [0.4, 0.5) is 9.18 Å². The Labute approximate surface area is 135 Å². The van der Waals surface area contributed by atoms with E-state index in [4.69, 9.17) is 0 Å². The van der Waals surface area contributed by atoms with Gasteiger partial charge in [-0.25, -0.2) is 9.18 Å². The van der Waals surface area contributed by atoms with Crippen LogP contribution in [0.2, 0.25) is 0 Å². The fraction of sp³-hybridized carbons (Fsp3) is 0.333. The molecule has 2 N–H and O–H groups in total. The van der Waals surface area contributed by atoms with Gasteiger partial charge >= 0.3 is 6.03 Å². The van der Waals surface area contributed by atoms with Crippen molar-refractivity contribution in [2.45, 2.75) is 24.7 Å². The average Bonchev–Trinajstić information content (AvgIpc) is 3.35. The molecule has 0 radical (unpaired) electrons. The van der Waals surface area contributed by atoms with Crippen LogP contribution in [0, 0.1) is 5.82 Å². The number of carbonyl (C=O) groups excluding carboxylic acids is 1. The summed E-state index contributed by atoms with van der Waals surface area (Å²) in [5, 5.41) is 5.74. The minimum Gasteiger partial charge on any atom is -0.338 e. The van der Waals surface area contributed by atoms with Gasteiger partial charge in [-0.05, 0) is 48.6 Å². The van der Waals surface area contributed by atoms with Crippen molar-refractivity contribution in [3.05, 3.63) is 65.7 Å². The molecule has 23 heavy (non-hydrogen) atoms. The summed E-state index contributed by atoms with van der Waals surface area (Å²) in [5.74, 6) is -0.227. The van der Waals surface area contributed by atoms with E-state index >= 15 is 0 Å². The van der Waals surface area contributed by atoms with Gasteiger partial charge in [0.2, 0.25) is 0 Å². The Morgan fingerprint density at radius 2 is 2.09 bits per heavy atom. The van der Waals surface area contributed by atoms with Gasteiger partial charge in [0.15, 0.2) is 0 Å². The Balaban J connectivity index is 1.44. The third kappa shape index (κ3) is 4.06. The molecule has 2 amide bonds. The smallest absolute Gasteiger partial charge is 0.314 e. The molecular formula is C18H20FN3O. The Bertz CT molecular complexity index is 671. The average molecular weight is 313 g/mol. The van der Waals surface area contributed by atoms with Gasteiger partial charge in [-0.2, -0.15) is 0 Å². The second kappa shape index (κ2) is 6.77. The Kier molecular flexibility index (Phi) is 4.55. The monoisotopic (exact) mass is 313 g/mol. The molecule has 0 atom stereocenters. The molecule has 4 nitrogen and oxygen atoms in total. The highest BCUT2D eigenvalue weighted by Crippen LogP contribution is 2.47. The van der Waals surface area contributed by atoms with Crippen LogP contribution in [0.25, 0.3) is 0 Å². The van der Waals surface area contributed by atoms with E-state index in [-0.39, 0.29) is 17.3 Å². The van der Waals surface area contributed by atoms with Gasteiger partial charge in [0.25, 0.3) is 0 Å². The zero-order valence-electron chi connectivity index (χ0n) is 12.9. The van der Waals surface area contributed by atoms with E-state index in [1.807, 2.05) is 18.2 Å². The molecule has 1 saturated carbocycles. The van der Waals surface area contributed by atoms with Crippen molar-refractivity contribution in [1.82, 2.24) is 15.6 Å². The minimum atomic E-state index is -0.227. The van der Waals surface area contributed by atoms with E-state index in [0.717, 1.165) is 30.4 Å². The first-order chi connectivity index (χ1) is 11.2. The highest BCUT2D eigenvalue weighted by atomic mass is 19.1. The Hall–Kier alpha value is -2.43. The van der Waals surface area contributed by atoms with Crippen molar-refractivity contribution in [2.24, 2.45) is 0 Å². The largest absolute Gasteiger partial charge is 0.338 e. The van der Waals surface area contributed by atoms with E-state index < -0.39 is 0 Å². The zero-order chi connectivity index (χ0) is 16.1. The third-order valence-corrected chi connectivity index (χ3v) is 4.30. The number of amides is 2. The van der Waals surface area contributed by atoms with Crippen LogP contribution in [-0.4, -0.2) is 24.1 Å². The maximum absolute atomic E-state index is 13.3. The lowest BCUT2D eigenvalue weighted by Crippen LogP contribution is -2.40. The Morgan fingerprint density at radius 1 is 1.22 bits per heavy atom. The number of rotatable bonds is 6. The quantitative estimate of drug-likeness (QED) is 0.861. The first kappa shape index (κ1) is 15.5. The SMILES string of the molecule is O=C(NCCc1cccnc1)NCC1(c2cccc(F)c2)CC1. The van der Waals surface area contributed by atoms with Crippen molar-refractivity contribution in [1.29, 1.82) is 0 Å². The highest BCUT2D eigenvalue weighted by molar-refractivity contribution is 5.74. The molecule has 0 bridgehead atoms. The van der Waals surface area contributed by atoms with Crippen molar-refractivity contribution < 1.29 is 9.18 Å². The summed E-state index contributed by atoms with van der Waals surface area (Å²) in [7, 11) is 0. The molecule has 0 unspecified atom stereocenters. The molecule has 120 valence electrons. The number of nitrogens with one attached hydrogen (secondary N) is 2. The van der Waals surface area contributed by atoms with Crippen LogP contribution in [0.5, 0.6) is 0 Å². The Morgan fingerprint density at radius 3 is 2.78 bits per heavy atom. The van der Waals surface area contributed by atoms with Crippen molar-refractivity contribution >= 4 is 6.03 Å². The normalized spacial score (nSPS) is 15.0. The van der Waals surface area contributed by atoms with Gasteiger partial charge in [0, 0.05) is 30.9 Å². The molecule has 0 saturated heterocycles. The first-order valence-electron chi connectivity index (χ1n) is 7.85. The predicted octanol–water partition coefficient (Wildman–Crippen LogP) is 2.79. The van der Waals surface area contributed by atoms with E-state index in [0.29, 0.717) is 13.1 Å². The van der Waals surface area contributed by atoms with Gasteiger partial charge in [-0.15, -0.1) is 0 Å². The molecule has 1 aromatic carbocycles. The van der Waals surface area contributed by atoms with E-state index in [2.05, 4.69) is 15.6 Å². The van der Waals surface area contributed by atoms with Crippen LogP contribution in [0.15, 0.2) is 48.8 Å². The number of aromatic nitrogens is 1. The fourth-order valence-electron chi connectivity index (χ4n) is 2.72. The van der Waals surface area contributed by atoms with Crippen LogP contribution in [0.1, 0.15) is 24.0 Å². The van der Waals surface area contributed by atoms with Crippen LogP contribution in [0.3, 0.4) is 0 Å². The summed E-state index contributed by atoms with van der Waals surface area (Å²) in [4.78, 5) is 15.9. The molecule has 0 spiro atoms. The number of nitrogens with zero attached hydrogens (tertiary/aromatic N) is 1. The predicted molar refractivity (Wildman–Crippen MR) is 86.7 cm³/mol. The molecule has 1 aliphatic rings. The summed E-state index contributed by atoms with van der Waals surface area (Å²) in [6, 6.07) is 10.3. The van der Waals surface area contributed by atoms with Gasteiger partial charge in [0.1, 0.15) is 5.82 Å². The number of halogens is 1. The molecule has 0 aliphatic heterocycles. The van der Waals surface area contributed by atoms with Crippen molar-refractivity contribution in [3.63, 3.8) is 0 Å². The molecule has 1 heterocycles. The minimum absolute atomic E-state index is 0.0945. The molecule has 5 heteroatoms. The lowest BCUT2D eigenvalue weighted by Gasteiger charge is -2.17. The molecule has 2 aromatic rings. The number of hydrogen-bond donors (Lipinski definition) is 2. The van der Waals surface area contributed by atoms with E-state index in [1.165, 1.54) is 6.07 Å². The summed E-state index contributed by atoms with van der Waals surface area (Å²) < 4.78 is 13.3. The van der Waals surface area contributed by atoms with Crippen molar-refractivity contribution in [2.75, 3.05) is 13.1 Å². The van der Waals surface area contributed by atoms with Crippen LogP contribution < -0.4 is 10.6 Å². The summed E-state index contributed by atoms with van der Waals surface area (Å²) in [6.07, 6.45) is 6.23. The number of benzene rings is 1. The summed E-state index contributed by atoms with van der Waals surface area (Å²) >= 11 is 0.